The molecule has 1 unspecified atom stereocenters. The summed E-state index contributed by atoms with van der Waals surface area (Å²) < 4.78 is 29.2. The Labute approximate surface area is 122 Å². The molecule has 2 heterocycles. The quantitative estimate of drug-likeness (QED) is 0.844. The molecule has 20 heavy (non-hydrogen) atoms. The Morgan fingerprint density at radius 1 is 1.55 bits per heavy atom. The average molecular weight is 314 g/mol. The number of thiazole rings is 1. The molecule has 1 atom stereocenters. The number of aryl methyl sites for hydroxylation is 1. The third-order valence-corrected chi connectivity index (χ3v) is 5.44. The Kier molecular flexibility index (Phi) is 4.59. The summed E-state index contributed by atoms with van der Waals surface area (Å²) in [6.07, 6.45) is 3.27. The zero-order chi connectivity index (χ0) is 14.8. The van der Waals surface area contributed by atoms with Crippen LogP contribution in [-0.2, 0) is 23.1 Å². The van der Waals surface area contributed by atoms with Crippen molar-refractivity contribution < 1.29 is 8.42 Å². The van der Waals surface area contributed by atoms with Crippen molar-refractivity contribution in [3.8, 4) is 0 Å². The van der Waals surface area contributed by atoms with Gasteiger partial charge >= 0.3 is 0 Å². The van der Waals surface area contributed by atoms with E-state index in [-0.39, 0.29) is 10.9 Å². The summed E-state index contributed by atoms with van der Waals surface area (Å²) >= 11 is 1.42. The number of aromatic nitrogens is 2. The molecular formula is C12H18N4O2S2. The first-order chi connectivity index (χ1) is 9.47. The van der Waals surface area contributed by atoms with Gasteiger partial charge in [0.15, 0.2) is 0 Å². The number of nitrogens with zero attached hydrogens (tertiary/aromatic N) is 2. The van der Waals surface area contributed by atoms with Crippen molar-refractivity contribution in [3.63, 3.8) is 0 Å². The Hall–Kier alpha value is -1.22. The third-order valence-electron chi connectivity index (χ3n) is 2.97. The van der Waals surface area contributed by atoms with Gasteiger partial charge in [0.25, 0.3) is 0 Å². The van der Waals surface area contributed by atoms with E-state index in [1.807, 2.05) is 16.9 Å². The number of nitrogens with one attached hydrogen (secondary N) is 1. The van der Waals surface area contributed by atoms with Gasteiger partial charge in [0.05, 0.1) is 10.9 Å². The van der Waals surface area contributed by atoms with Crippen molar-refractivity contribution in [2.45, 2.75) is 37.9 Å². The molecule has 3 N–H and O–H groups in total. The molecule has 2 rings (SSSR count). The Morgan fingerprint density at radius 3 is 2.80 bits per heavy atom. The predicted octanol–water partition coefficient (Wildman–Crippen LogP) is 1.46. The van der Waals surface area contributed by atoms with Crippen LogP contribution in [0, 0.1) is 0 Å². The van der Waals surface area contributed by atoms with E-state index in [1.165, 1.54) is 11.3 Å². The third kappa shape index (κ3) is 3.09. The number of hydrogen-bond donors (Lipinski definition) is 2. The number of nitrogens with two attached hydrogens (primary N) is 1. The molecule has 0 amide bonds. The molecule has 0 bridgehead atoms. The summed E-state index contributed by atoms with van der Waals surface area (Å²) in [5.74, 6) is 0. The van der Waals surface area contributed by atoms with Crippen LogP contribution in [0.15, 0.2) is 28.7 Å². The maximum atomic E-state index is 12.3. The highest BCUT2D eigenvalue weighted by atomic mass is 32.2. The van der Waals surface area contributed by atoms with Crippen molar-refractivity contribution in [1.29, 1.82) is 0 Å². The highest BCUT2D eigenvalue weighted by molar-refractivity contribution is 7.89. The lowest BCUT2D eigenvalue weighted by molar-refractivity contribution is 0.566. The van der Waals surface area contributed by atoms with Gasteiger partial charge in [-0.25, -0.2) is 18.1 Å². The molecular weight excluding hydrogens is 296 g/mol. The van der Waals surface area contributed by atoms with E-state index in [9.17, 15) is 8.42 Å². The van der Waals surface area contributed by atoms with Gasteiger partial charge in [-0.2, -0.15) is 0 Å². The van der Waals surface area contributed by atoms with Crippen LogP contribution >= 0.6 is 11.3 Å². The van der Waals surface area contributed by atoms with E-state index in [0.29, 0.717) is 13.1 Å². The molecule has 0 spiro atoms. The van der Waals surface area contributed by atoms with Gasteiger partial charge in [0.1, 0.15) is 5.01 Å². The predicted molar refractivity (Wildman–Crippen MR) is 78.8 cm³/mol. The summed E-state index contributed by atoms with van der Waals surface area (Å²) in [5, 5.41) is 2.56. The van der Waals surface area contributed by atoms with Crippen LogP contribution in [0.5, 0.6) is 0 Å². The zero-order valence-electron chi connectivity index (χ0n) is 11.4. The standard InChI is InChI=1S/C12H18N4O2S2/c1-3-16-8-11(6-10(16)7-13)20(17,18)15-9(2)12-14-4-5-19-12/h4-6,8-9,15H,3,7,13H2,1-2H3. The van der Waals surface area contributed by atoms with Gasteiger partial charge in [0.2, 0.25) is 10.0 Å². The molecule has 0 saturated carbocycles. The van der Waals surface area contributed by atoms with Gasteiger partial charge in [-0.15, -0.1) is 11.3 Å². The lowest BCUT2D eigenvalue weighted by Crippen LogP contribution is -2.26. The van der Waals surface area contributed by atoms with Gasteiger partial charge < -0.3 is 10.3 Å². The van der Waals surface area contributed by atoms with E-state index >= 15 is 0 Å². The molecule has 0 aliphatic carbocycles. The summed E-state index contributed by atoms with van der Waals surface area (Å²) in [5.41, 5.74) is 6.42. The Bertz CT molecular complexity index is 640. The second-order valence-corrected chi connectivity index (χ2v) is 7.01. The van der Waals surface area contributed by atoms with Crippen LogP contribution in [0.1, 0.15) is 30.6 Å². The fourth-order valence-electron chi connectivity index (χ4n) is 1.94. The van der Waals surface area contributed by atoms with Crippen LogP contribution in [0.4, 0.5) is 0 Å². The Balaban J connectivity index is 2.24. The van der Waals surface area contributed by atoms with E-state index in [1.54, 1.807) is 25.4 Å². The summed E-state index contributed by atoms with van der Waals surface area (Å²) in [4.78, 5) is 4.35. The molecule has 2 aromatic rings. The molecule has 0 aliphatic rings. The highest BCUT2D eigenvalue weighted by Gasteiger charge is 2.21. The van der Waals surface area contributed by atoms with Crippen LogP contribution in [-0.4, -0.2) is 18.0 Å². The first-order valence-electron chi connectivity index (χ1n) is 6.28. The summed E-state index contributed by atoms with van der Waals surface area (Å²) in [7, 11) is -3.57. The SMILES string of the molecule is CCn1cc(S(=O)(=O)NC(C)c2nccs2)cc1CN. The molecule has 2 aromatic heterocycles. The topological polar surface area (TPSA) is 90.0 Å². The lowest BCUT2D eigenvalue weighted by atomic mass is 10.4. The van der Waals surface area contributed by atoms with Crippen molar-refractivity contribution in [2.24, 2.45) is 5.73 Å². The monoisotopic (exact) mass is 314 g/mol. The number of hydrogen-bond acceptors (Lipinski definition) is 5. The molecule has 0 aliphatic heterocycles. The van der Waals surface area contributed by atoms with Gasteiger partial charge in [-0.3, -0.25) is 0 Å². The second kappa shape index (κ2) is 6.04. The van der Waals surface area contributed by atoms with Crippen molar-refractivity contribution in [2.75, 3.05) is 0 Å². The molecule has 0 fully saturated rings. The minimum absolute atomic E-state index is 0.239. The van der Waals surface area contributed by atoms with Crippen molar-refractivity contribution in [3.05, 3.63) is 34.5 Å². The first-order valence-corrected chi connectivity index (χ1v) is 8.65. The highest BCUT2D eigenvalue weighted by Crippen LogP contribution is 2.20. The van der Waals surface area contributed by atoms with E-state index in [0.717, 1.165) is 10.7 Å². The largest absolute Gasteiger partial charge is 0.349 e. The minimum atomic E-state index is -3.57. The average Bonchev–Trinajstić information content (AvgIpc) is 3.07. The van der Waals surface area contributed by atoms with Gasteiger partial charge in [-0.1, -0.05) is 0 Å². The molecule has 0 radical (unpaired) electrons. The van der Waals surface area contributed by atoms with Crippen LogP contribution in [0.3, 0.4) is 0 Å². The zero-order valence-corrected chi connectivity index (χ0v) is 13.0. The number of rotatable bonds is 6. The molecule has 0 aromatic carbocycles. The number of sulfonamides is 1. The second-order valence-electron chi connectivity index (χ2n) is 4.37. The smallest absolute Gasteiger partial charge is 0.242 e. The molecule has 6 nitrogen and oxygen atoms in total. The summed E-state index contributed by atoms with van der Waals surface area (Å²) in [6.45, 7) is 4.72. The fraction of sp³-hybridized carbons (Fsp3) is 0.417. The van der Waals surface area contributed by atoms with Crippen LogP contribution < -0.4 is 10.5 Å². The first kappa shape index (κ1) is 15.2. The fourth-order valence-corrected chi connectivity index (χ4v) is 3.93. The van der Waals surface area contributed by atoms with Gasteiger partial charge in [0, 0.05) is 36.6 Å². The molecule has 0 saturated heterocycles. The van der Waals surface area contributed by atoms with Crippen molar-refractivity contribution >= 4 is 21.4 Å². The van der Waals surface area contributed by atoms with E-state index in [4.69, 9.17) is 5.73 Å². The minimum Gasteiger partial charge on any atom is -0.349 e. The summed E-state index contributed by atoms with van der Waals surface area (Å²) in [6, 6.07) is 1.26. The van der Waals surface area contributed by atoms with Gasteiger partial charge in [-0.05, 0) is 19.9 Å². The van der Waals surface area contributed by atoms with Crippen molar-refractivity contribution in [1.82, 2.24) is 14.3 Å². The van der Waals surface area contributed by atoms with E-state index < -0.39 is 10.0 Å². The van der Waals surface area contributed by atoms with Crippen LogP contribution in [0.25, 0.3) is 0 Å². The maximum Gasteiger partial charge on any atom is 0.242 e. The molecule has 8 heteroatoms. The normalized spacial score (nSPS) is 13.6. The van der Waals surface area contributed by atoms with E-state index in [2.05, 4.69) is 9.71 Å². The lowest BCUT2D eigenvalue weighted by Gasteiger charge is -2.10. The maximum absolute atomic E-state index is 12.3. The van der Waals surface area contributed by atoms with Crippen LogP contribution in [0.2, 0.25) is 0 Å². The Morgan fingerprint density at radius 2 is 2.30 bits per heavy atom. The molecule has 110 valence electrons.